The molecule has 1 aromatic rings. The van der Waals surface area contributed by atoms with E-state index in [4.69, 9.17) is 9.47 Å². The molecule has 2 rings (SSSR count). The second-order valence-corrected chi connectivity index (χ2v) is 4.44. The number of ether oxygens (including phenoxy) is 2. The summed E-state index contributed by atoms with van der Waals surface area (Å²) in [4.78, 5) is 23.7. The van der Waals surface area contributed by atoms with Gasteiger partial charge in [-0.2, -0.15) is 0 Å². The lowest BCUT2D eigenvalue weighted by atomic mass is 10.0. The first-order chi connectivity index (χ1) is 9.97. The normalized spacial score (nSPS) is 16.1. The number of hydrogen-bond acceptors (Lipinski definition) is 5. The zero-order chi connectivity index (χ0) is 15.6. The first-order valence-electron chi connectivity index (χ1n) is 6.17. The van der Waals surface area contributed by atoms with Crippen LogP contribution in [0.2, 0.25) is 0 Å². The molecule has 0 unspecified atom stereocenters. The first kappa shape index (κ1) is 14.6. The summed E-state index contributed by atoms with van der Waals surface area (Å²) in [6.07, 6.45) is 1.54. The monoisotopic (exact) mass is 289 g/mol. The van der Waals surface area contributed by atoms with Crippen molar-refractivity contribution in [1.29, 1.82) is 0 Å². The molecule has 6 heteroatoms. The number of nitrogens with one attached hydrogen (secondary N) is 1. The van der Waals surface area contributed by atoms with E-state index in [0.717, 1.165) is 0 Å². The zero-order valence-corrected chi connectivity index (χ0v) is 11.9. The van der Waals surface area contributed by atoms with Gasteiger partial charge in [0.1, 0.15) is 0 Å². The summed E-state index contributed by atoms with van der Waals surface area (Å²) in [7, 11) is 2.69. The quantitative estimate of drug-likeness (QED) is 0.648. The van der Waals surface area contributed by atoms with Crippen LogP contribution in [-0.4, -0.2) is 31.2 Å². The van der Waals surface area contributed by atoms with Crippen molar-refractivity contribution < 1.29 is 24.2 Å². The number of hydrogen-bond donors (Lipinski definition) is 2. The van der Waals surface area contributed by atoms with Crippen LogP contribution in [0.4, 0.5) is 0 Å². The minimum atomic E-state index is -0.581. The van der Waals surface area contributed by atoms with Crippen molar-refractivity contribution in [2.24, 2.45) is 0 Å². The maximum atomic E-state index is 11.9. The van der Waals surface area contributed by atoms with Gasteiger partial charge in [0.15, 0.2) is 11.5 Å². The lowest BCUT2D eigenvalue weighted by molar-refractivity contribution is -0.136. The fourth-order valence-corrected chi connectivity index (χ4v) is 2.07. The number of rotatable bonds is 3. The van der Waals surface area contributed by atoms with E-state index in [1.165, 1.54) is 20.3 Å². The standard InChI is InChI=1S/C15H15NO5/c1-8-13(15(19)21-3)10(14(18)16-8)6-9-4-5-11(17)12(7-9)20-2/h4-7,17H,1-3H3,(H,16,18)/b10-6-. The van der Waals surface area contributed by atoms with Gasteiger partial charge in [0.05, 0.1) is 25.4 Å². The number of methoxy groups -OCH3 is 2. The topological polar surface area (TPSA) is 84.9 Å². The molecule has 6 nitrogen and oxygen atoms in total. The van der Waals surface area contributed by atoms with E-state index >= 15 is 0 Å². The highest BCUT2D eigenvalue weighted by Crippen LogP contribution is 2.29. The largest absolute Gasteiger partial charge is 0.504 e. The molecule has 0 aromatic heterocycles. The van der Waals surface area contributed by atoms with Crippen LogP contribution in [0.1, 0.15) is 12.5 Å². The highest BCUT2D eigenvalue weighted by molar-refractivity contribution is 6.16. The van der Waals surface area contributed by atoms with Gasteiger partial charge in [-0.3, -0.25) is 4.79 Å². The summed E-state index contributed by atoms with van der Waals surface area (Å²) in [6, 6.07) is 4.63. The van der Waals surface area contributed by atoms with Gasteiger partial charge in [-0.15, -0.1) is 0 Å². The molecule has 0 fully saturated rings. The van der Waals surface area contributed by atoms with Crippen LogP contribution in [0.15, 0.2) is 35.0 Å². The summed E-state index contributed by atoms with van der Waals surface area (Å²) in [6.45, 7) is 1.63. The number of benzene rings is 1. The zero-order valence-electron chi connectivity index (χ0n) is 11.9. The number of carbonyl (C=O) groups excluding carboxylic acids is 2. The van der Waals surface area contributed by atoms with E-state index in [1.807, 2.05) is 0 Å². The molecular formula is C15H15NO5. The highest BCUT2D eigenvalue weighted by atomic mass is 16.5. The number of allylic oxidation sites excluding steroid dienone is 1. The Morgan fingerprint density at radius 3 is 2.67 bits per heavy atom. The molecule has 0 radical (unpaired) electrons. The van der Waals surface area contributed by atoms with Crippen LogP contribution in [0.25, 0.3) is 6.08 Å². The maximum Gasteiger partial charge on any atom is 0.340 e. The predicted molar refractivity (Wildman–Crippen MR) is 75.5 cm³/mol. The molecule has 0 saturated carbocycles. The predicted octanol–water partition coefficient (Wildman–Crippen LogP) is 1.36. The lowest BCUT2D eigenvalue weighted by Gasteiger charge is -2.05. The Bertz CT molecular complexity index is 673. The number of phenols is 1. The number of carbonyl (C=O) groups is 2. The Labute approximate surface area is 121 Å². The molecule has 0 bridgehead atoms. The molecule has 21 heavy (non-hydrogen) atoms. The van der Waals surface area contributed by atoms with Gasteiger partial charge < -0.3 is 19.9 Å². The van der Waals surface area contributed by atoms with Gasteiger partial charge in [0, 0.05) is 5.70 Å². The van der Waals surface area contributed by atoms with E-state index in [-0.39, 0.29) is 28.6 Å². The fourth-order valence-electron chi connectivity index (χ4n) is 2.07. The minimum Gasteiger partial charge on any atom is -0.504 e. The molecule has 1 amide bonds. The van der Waals surface area contributed by atoms with Crippen LogP contribution in [-0.2, 0) is 14.3 Å². The second kappa shape index (κ2) is 5.70. The van der Waals surface area contributed by atoms with Gasteiger partial charge >= 0.3 is 5.97 Å². The molecule has 0 atom stereocenters. The number of amides is 1. The third kappa shape index (κ3) is 2.74. The molecule has 1 aromatic carbocycles. The van der Waals surface area contributed by atoms with Gasteiger partial charge in [0.2, 0.25) is 0 Å². The molecule has 1 aliphatic rings. The van der Waals surface area contributed by atoms with E-state index in [2.05, 4.69) is 5.32 Å². The highest BCUT2D eigenvalue weighted by Gasteiger charge is 2.30. The maximum absolute atomic E-state index is 11.9. The molecule has 0 aliphatic carbocycles. The van der Waals surface area contributed by atoms with Crippen molar-refractivity contribution in [3.05, 3.63) is 40.6 Å². The van der Waals surface area contributed by atoms with Crippen molar-refractivity contribution in [2.75, 3.05) is 14.2 Å². The summed E-state index contributed by atoms with van der Waals surface area (Å²) in [5.41, 5.74) is 1.48. The van der Waals surface area contributed by atoms with Gasteiger partial charge in [-0.25, -0.2) is 4.79 Å². The Balaban J connectivity index is 2.48. The van der Waals surface area contributed by atoms with Crippen molar-refractivity contribution in [1.82, 2.24) is 5.32 Å². The molecular weight excluding hydrogens is 274 g/mol. The average Bonchev–Trinajstić information content (AvgIpc) is 2.74. The van der Waals surface area contributed by atoms with E-state index < -0.39 is 5.97 Å². The van der Waals surface area contributed by atoms with E-state index in [9.17, 15) is 14.7 Å². The first-order valence-corrected chi connectivity index (χ1v) is 6.17. The van der Waals surface area contributed by atoms with Crippen molar-refractivity contribution in [2.45, 2.75) is 6.92 Å². The third-order valence-corrected chi connectivity index (χ3v) is 3.09. The smallest absolute Gasteiger partial charge is 0.340 e. The van der Waals surface area contributed by atoms with Crippen molar-refractivity contribution in [3.8, 4) is 11.5 Å². The Kier molecular flexibility index (Phi) is 3.98. The second-order valence-electron chi connectivity index (χ2n) is 4.44. The van der Waals surface area contributed by atoms with E-state index in [0.29, 0.717) is 11.3 Å². The van der Waals surface area contributed by atoms with Crippen LogP contribution < -0.4 is 10.1 Å². The molecule has 0 saturated heterocycles. The van der Waals surface area contributed by atoms with Crippen LogP contribution in [0.3, 0.4) is 0 Å². The number of esters is 1. The molecule has 1 heterocycles. The van der Waals surface area contributed by atoms with E-state index in [1.54, 1.807) is 25.1 Å². The molecule has 1 aliphatic heterocycles. The Morgan fingerprint density at radius 2 is 2.05 bits per heavy atom. The van der Waals surface area contributed by atoms with Crippen LogP contribution in [0, 0.1) is 0 Å². The summed E-state index contributed by atoms with van der Waals surface area (Å²) in [5, 5.41) is 12.1. The Morgan fingerprint density at radius 1 is 1.33 bits per heavy atom. The van der Waals surface area contributed by atoms with Crippen molar-refractivity contribution >= 4 is 18.0 Å². The van der Waals surface area contributed by atoms with Gasteiger partial charge in [0.25, 0.3) is 5.91 Å². The van der Waals surface area contributed by atoms with Gasteiger partial charge in [-0.05, 0) is 30.7 Å². The van der Waals surface area contributed by atoms with Crippen molar-refractivity contribution in [3.63, 3.8) is 0 Å². The Hall–Kier alpha value is -2.76. The third-order valence-electron chi connectivity index (χ3n) is 3.09. The number of aromatic hydroxyl groups is 1. The molecule has 2 N–H and O–H groups in total. The van der Waals surface area contributed by atoms with Crippen LogP contribution in [0.5, 0.6) is 11.5 Å². The van der Waals surface area contributed by atoms with Gasteiger partial charge in [-0.1, -0.05) is 6.07 Å². The summed E-state index contributed by atoms with van der Waals surface area (Å²) in [5.74, 6) is -0.679. The molecule has 110 valence electrons. The average molecular weight is 289 g/mol. The molecule has 0 spiro atoms. The summed E-state index contributed by atoms with van der Waals surface area (Å²) >= 11 is 0. The minimum absolute atomic E-state index is 0.00422. The fraction of sp³-hybridized carbons (Fsp3) is 0.200. The number of phenolic OH excluding ortho intramolecular Hbond substituents is 1. The van der Waals surface area contributed by atoms with Crippen LogP contribution >= 0.6 is 0 Å². The summed E-state index contributed by atoms with van der Waals surface area (Å²) < 4.78 is 9.70. The SMILES string of the molecule is COC(=O)C1=C(C)NC(=O)/C1=C\c1ccc(O)c(OC)c1. The lowest BCUT2D eigenvalue weighted by Crippen LogP contribution is -2.15.